The van der Waals surface area contributed by atoms with Gasteiger partial charge >= 0.3 is 0 Å². The molecule has 0 saturated carbocycles. The second-order valence-electron chi connectivity index (χ2n) is 4.69. The highest BCUT2D eigenvalue weighted by atomic mass is 32.2. The third-order valence-corrected chi connectivity index (χ3v) is 3.47. The van der Waals surface area contributed by atoms with Crippen LogP contribution in [0.15, 0.2) is 36.4 Å². The molecule has 1 aromatic heterocycles. The number of methoxy groups -OCH3 is 1. The Hall–Kier alpha value is -2.63. The first-order valence-electron chi connectivity index (χ1n) is 6.57. The maximum absolute atomic E-state index is 11.1. The molecule has 0 aliphatic heterocycles. The molecule has 7 nitrogen and oxygen atoms in total. The first-order chi connectivity index (χ1) is 10.9. The Kier molecular flexibility index (Phi) is 5.16. The maximum Gasteiger partial charge on any atom is 0.223 e. The molecule has 0 amide bonds. The molecular formula is C15H15N3O4S. The predicted octanol–water partition coefficient (Wildman–Crippen LogP) is 1.80. The third kappa shape index (κ3) is 5.25. The number of aromatic nitrogens is 1. The van der Waals surface area contributed by atoms with Crippen LogP contribution in [0.4, 0.5) is 0 Å². The van der Waals surface area contributed by atoms with Crippen molar-refractivity contribution in [1.82, 2.24) is 9.71 Å². The first-order valence-corrected chi connectivity index (χ1v) is 8.46. The standard InChI is InChI=1S/C15H15N3O4S/c1-21-14-7-12(9-16)8-15(18-14)22-13-5-3-11(4-6-13)10-17-23(2,19)20/h3-8,17H,10H2,1-2H3. The zero-order valence-corrected chi connectivity index (χ0v) is 13.4. The molecule has 0 spiro atoms. The molecule has 1 N–H and O–H groups in total. The lowest BCUT2D eigenvalue weighted by Crippen LogP contribution is -2.21. The normalized spacial score (nSPS) is 10.8. The van der Waals surface area contributed by atoms with E-state index in [2.05, 4.69) is 9.71 Å². The monoisotopic (exact) mass is 333 g/mol. The van der Waals surface area contributed by atoms with E-state index >= 15 is 0 Å². The Morgan fingerprint density at radius 2 is 1.87 bits per heavy atom. The van der Waals surface area contributed by atoms with E-state index in [1.807, 2.05) is 6.07 Å². The van der Waals surface area contributed by atoms with Crippen LogP contribution in [0.3, 0.4) is 0 Å². The molecule has 1 aromatic carbocycles. The number of rotatable bonds is 6. The summed E-state index contributed by atoms with van der Waals surface area (Å²) >= 11 is 0. The number of nitriles is 1. The highest BCUT2D eigenvalue weighted by Gasteiger charge is 2.06. The molecule has 2 aromatic rings. The summed E-state index contributed by atoms with van der Waals surface area (Å²) in [6.07, 6.45) is 1.10. The Morgan fingerprint density at radius 1 is 1.22 bits per heavy atom. The van der Waals surface area contributed by atoms with Gasteiger partial charge in [-0.15, -0.1) is 0 Å². The van der Waals surface area contributed by atoms with Crippen molar-refractivity contribution in [3.05, 3.63) is 47.5 Å². The van der Waals surface area contributed by atoms with E-state index in [-0.39, 0.29) is 18.3 Å². The van der Waals surface area contributed by atoms with Gasteiger partial charge in [0.2, 0.25) is 21.8 Å². The number of ether oxygens (including phenoxy) is 2. The average molecular weight is 333 g/mol. The van der Waals surface area contributed by atoms with Crippen LogP contribution in [0.25, 0.3) is 0 Å². The number of sulfonamides is 1. The molecule has 0 saturated heterocycles. The van der Waals surface area contributed by atoms with Crippen LogP contribution in [0.1, 0.15) is 11.1 Å². The van der Waals surface area contributed by atoms with Gasteiger partial charge in [0, 0.05) is 18.7 Å². The minimum Gasteiger partial charge on any atom is -0.481 e. The van der Waals surface area contributed by atoms with E-state index in [4.69, 9.17) is 14.7 Å². The highest BCUT2D eigenvalue weighted by Crippen LogP contribution is 2.23. The molecule has 0 aliphatic rings. The van der Waals surface area contributed by atoms with E-state index in [9.17, 15) is 8.42 Å². The molecule has 0 fully saturated rings. The molecule has 0 unspecified atom stereocenters. The van der Waals surface area contributed by atoms with Gasteiger partial charge in [-0.05, 0) is 17.7 Å². The van der Waals surface area contributed by atoms with Crippen molar-refractivity contribution in [3.8, 4) is 23.6 Å². The zero-order valence-electron chi connectivity index (χ0n) is 12.6. The van der Waals surface area contributed by atoms with E-state index in [1.165, 1.54) is 19.2 Å². The van der Waals surface area contributed by atoms with Crippen molar-refractivity contribution in [2.45, 2.75) is 6.54 Å². The largest absolute Gasteiger partial charge is 0.481 e. The molecule has 0 atom stereocenters. The summed E-state index contributed by atoms with van der Waals surface area (Å²) in [5.74, 6) is 1.04. The SMILES string of the molecule is COc1cc(C#N)cc(Oc2ccc(CNS(C)(=O)=O)cc2)n1. The summed E-state index contributed by atoms with van der Waals surface area (Å²) in [6, 6.07) is 11.9. The molecule has 23 heavy (non-hydrogen) atoms. The number of nitrogens with one attached hydrogen (secondary N) is 1. The summed E-state index contributed by atoms with van der Waals surface area (Å²) in [6.45, 7) is 0.203. The summed E-state index contributed by atoms with van der Waals surface area (Å²) in [7, 11) is -1.78. The van der Waals surface area contributed by atoms with Gasteiger partial charge in [0.15, 0.2) is 0 Å². The van der Waals surface area contributed by atoms with Gasteiger partial charge in [0.1, 0.15) is 5.75 Å². The van der Waals surface area contributed by atoms with Crippen LogP contribution in [-0.2, 0) is 16.6 Å². The fraction of sp³-hybridized carbons (Fsp3) is 0.200. The minimum atomic E-state index is -3.23. The van der Waals surface area contributed by atoms with Gasteiger partial charge in [0.05, 0.1) is 25.0 Å². The number of hydrogen-bond acceptors (Lipinski definition) is 6. The van der Waals surface area contributed by atoms with Crippen LogP contribution in [0.2, 0.25) is 0 Å². The van der Waals surface area contributed by atoms with E-state index < -0.39 is 10.0 Å². The Balaban J connectivity index is 2.11. The molecule has 0 radical (unpaired) electrons. The van der Waals surface area contributed by atoms with Crippen molar-refractivity contribution in [2.75, 3.05) is 13.4 Å². The molecule has 2 rings (SSSR count). The number of nitrogens with zero attached hydrogens (tertiary/aromatic N) is 2. The van der Waals surface area contributed by atoms with Gasteiger partial charge in [0.25, 0.3) is 0 Å². The Morgan fingerprint density at radius 3 is 2.43 bits per heavy atom. The van der Waals surface area contributed by atoms with E-state index in [0.717, 1.165) is 11.8 Å². The average Bonchev–Trinajstić information content (AvgIpc) is 2.53. The summed E-state index contributed by atoms with van der Waals surface area (Å²) < 4.78 is 35.1. The second kappa shape index (κ2) is 7.09. The van der Waals surface area contributed by atoms with E-state index in [1.54, 1.807) is 24.3 Å². The van der Waals surface area contributed by atoms with Gasteiger partial charge < -0.3 is 9.47 Å². The summed E-state index contributed by atoms with van der Waals surface area (Å²) in [4.78, 5) is 4.10. The smallest absolute Gasteiger partial charge is 0.223 e. The van der Waals surface area contributed by atoms with Crippen LogP contribution < -0.4 is 14.2 Å². The van der Waals surface area contributed by atoms with Gasteiger partial charge in [-0.25, -0.2) is 13.1 Å². The van der Waals surface area contributed by atoms with Gasteiger partial charge in [-0.2, -0.15) is 10.2 Å². The van der Waals surface area contributed by atoms with Crippen LogP contribution in [0, 0.1) is 11.3 Å². The van der Waals surface area contributed by atoms with Crippen molar-refractivity contribution in [3.63, 3.8) is 0 Å². The number of pyridine rings is 1. The summed E-state index contributed by atoms with van der Waals surface area (Å²) in [5, 5.41) is 8.96. The maximum atomic E-state index is 11.1. The lowest BCUT2D eigenvalue weighted by Gasteiger charge is -2.08. The van der Waals surface area contributed by atoms with Crippen LogP contribution >= 0.6 is 0 Å². The number of hydrogen-bond donors (Lipinski definition) is 1. The topological polar surface area (TPSA) is 101 Å². The highest BCUT2D eigenvalue weighted by molar-refractivity contribution is 7.88. The molecule has 1 heterocycles. The number of benzene rings is 1. The lowest BCUT2D eigenvalue weighted by molar-refractivity contribution is 0.383. The van der Waals surface area contributed by atoms with Crippen molar-refractivity contribution in [2.24, 2.45) is 0 Å². The van der Waals surface area contributed by atoms with Crippen LogP contribution in [-0.4, -0.2) is 26.8 Å². The fourth-order valence-electron chi connectivity index (χ4n) is 1.71. The van der Waals surface area contributed by atoms with Crippen molar-refractivity contribution >= 4 is 10.0 Å². The zero-order chi connectivity index (χ0) is 16.9. The third-order valence-electron chi connectivity index (χ3n) is 2.80. The van der Waals surface area contributed by atoms with Crippen molar-refractivity contribution < 1.29 is 17.9 Å². The minimum absolute atomic E-state index is 0.203. The molecule has 0 aliphatic carbocycles. The molecule has 0 bridgehead atoms. The van der Waals surface area contributed by atoms with Crippen molar-refractivity contribution in [1.29, 1.82) is 5.26 Å². The van der Waals surface area contributed by atoms with Gasteiger partial charge in [-0.1, -0.05) is 12.1 Å². The molecule has 8 heteroatoms. The quantitative estimate of drug-likeness (QED) is 0.865. The van der Waals surface area contributed by atoms with Crippen LogP contribution in [0.5, 0.6) is 17.5 Å². The second-order valence-corrected chi connectivity index (χ2v) is 6.52. The molecular weight excluding hydrogens is 318 g/mol. The lowest BCUT2D eigenvalue weighted by atomic mass is 10.2. The Bertz CT molecular complexity index is 827. The first kappa shape index (κ1) is 16.7. The van der Waals surface area contributed by atoms with Gasteiger partial charge in [-0.3, -0.25) is 0 Å². The summed E-state index contributed by atoms with van der Waals surface area (Å²) in [5.41, 5.74) is 1.17. The fourth-order valence-corrected chi connectivity index (χ4v) is 2.14. The Labute approximate surface area is 134 Å². The molecule has 120 valence electrons. The van der Waals surface area contributed by atoms with E-state index in [0.29, 0.717) is 11.3 Å². The predicted molar refractivity (Wildman–Crippen MR) is 83.7 cm³/mol.